The van der Waals surface area contributed by atoms with Gasteiger partial charge in [0.15, 0.2) is 25.8 Å². The molecule has 1 saturated heterocycles. The number of hydrogen-bond donors (Lipinski definition) is 1. The second-order valence-electron chi connectivity index (χ2n) is 19.0. The van der Waals surface area contributed by atoms with Crippen LogP contribution in [0.25, 0.3) is 10.9 Å². The first-order valence-corrected chi connectivity index (χ1v) is 22.9. The van der Waals surface area contributed by atoms with Crippen LogP contribution in [0.1, 0.15) is 91.6 Å². The summed E-state index contributed by atoms with van der Waals surface area (Å²) in [5.74, 6) is 1.62. The first-order valence-electron chi connectivity index (χ1n) is 19.6. The van der Waals surface area contributed by atoms with Crippen LogP contribution in [-0.2, 0) is 24.1 Å². The Morgan fingerprint density at radius 1 is 0.914 bits per heavy atom. The van der Waals surface area contributed by atoms with Crippen molar-refractivity contribution in [2.75, 3.05) is 35.3 Å². The number of rotatable bonds is 7. The molecule has 14 nitrogen and oxygen atoms in total. The number of amides is 2. The number of aromatic nitrogens is 4. The number of nitrogens with zero attached hydrogens (tertiary/aromatic N) is 6. The second kappa shape index (κ2) is 13.9. The molecule has 1 aliphatic carbocycles. The number of nitrogens with one attached hydrogen (secondary N) is 1. The molecular formula is C42H54ClN7O7Si. The third-order valence-electron chi connectivity index (χ3n) is 11.3. The third-order valence-corrected chi connectivity index (χ3v) is 16.2. The zero-order chi connectivity index (χ0) is 42.5. The van der Waals surface area contributed by atoms with E-state index in [1.807, 2.05) is 24.3 Å². The van der Waals surface area contributed by atoms with E-state index in [9.17, 15) is 14.4 Å². The van der Waals surface area contributed by atoms with Crippen molar-refractivity contribution < 1.29 is 33.0 Å². The Balaban J connectivity index is 1.23. The summed E-state index contributed by atoms with van der Waals surface area (Å²) < 4.78 is 24.8. The normalized spacial score (nSPS) is 19.7. The molecule has 4 aromatic rings. The van der Waals surface area contributed by atoms with Crippen LogP contribution >= 0.6 is 11.6 Å². The summed E-state index contributed by atoms with van der Waals surface area (Å²) in [6.07, 6.45) is -0.919. The molecule has 4 heterocycles. The van der Waals surface area contributed by atoms with Crippen LogP contribution in [0.15, 0.2) is 36.4 Å². The van der Waals surface area contributed by atoms with Gasteiger partial charge >= 0.3 is 12.2 Å². The van der Waals surface area contributed by atoms with Gasteiger partial charge in [-0.15, -0.1) is 5.10 Å². The van der Waals surface area contributed by atoms with Gasteiger partial charge in [-0.05, 0) is 114 Å². The molecule has 0 unspecified atom stereocenters. The lowest BCUT2D eigenvalue weighted by Gasteiger charge is -2.47. The number of carbonyl (C=O) groups is 3. The van der Waals surface area contributed by atoms with Gasteiger partial charge in [0.25, 0.3) is 0 Å². The molecule has 1 spiro atoms. The van der Waals surface area contributed by atoms with Gasteiger partial charge in [0, 0.05) is 24.4 Å². The molecule has 2 aromatic heterocycles. The molecule has 16 heteroatoms. The topological polar surface area (TPSA) is 150 Å². The molecule has 2 atom stereocenters. The predicted molar refractivity (Wildman–Crippen MR) is 226 cm³/mol. The van der Waals surface area contributed by atoms with E-state index in [-0.39, 0.29) is 23.0 Å². The number of carbonyl (C=O) groups excluding carboxylic acids is 3. The molecule has 58 heavy (non-hydrogen) atoms. The highest BCUT2D eigenvalue weighted by Gasteiger charge is 2.68. The van der Waals surface area contributed by atoms with Crippen LogP contribution in [0.4, 0.5) is 32.7 Å². The number of anilines is 4. The second-order valence-corrected chi connectivity index (χ2v) is 24.2. The first kappa shape index (κ1) is 41.4. The maximum Gasteiger partial charge on any atom is 0.435 e. The van der Waals surface area contributed by atoms with Crippen molar-refractivity contribution in [3.63, 3.8) is 0 Å². The Labute approximate surface area is 345 Å². The minimum Gasteiger partial charge on any atom is -0.497 e. The fourth-order valence-corrected chi connectivity index (χ4v) is 9.01. The molecular weight excluding hydrogens is 778 g/mol. The SMILES string of the molecule is COc1ccc2c(c1)[C@]1(C[C@H]1c1ccc3c(Nc4nc(C)nc(N5CC(O[Si](C)(C)C(C)(C)C)C5)c4Cl)nn(C(=O)OC(C)(C)C)c3c1)C(=O)N2C(=O)OC(C)(C)C. The maximum atomic E-state index is 14.4. The summed E-state index contributed by atoms with van der Waals surface area (Å²) >= 11 is 7.02. The molecule has 3 aliphatic rings. The fourth-order valence-electron chi connectivity index (χ4n) is 7.42. The Morgan fingerprint density at radius 2 is 1.57 bits per heavy atom. The van der Waals surface area contributed by atoms with Gasteiger partial charge in [0.05, 0.1) is 29.8 Å². The van der Waals surface area contributed by atoms with E-state index in [4.69, 9.17) is 35.3 Å². The minimum atomic E-state index is -1.95. The van der Waals surface area contributed by atoms with Crippen LogP contribution in [0, 0.1) is 6.92 Å². The number of imide groups is 1. The largest absolute Gasteiger partial charge is 0.497 e. The summed E-state index contributed by atoms with van der Waals surface area (Å²) in [5, 5.41) is 9.00. The minimum absolute atomic E-state index is 0.0762. The zero-order valence-electron chi connectivity index (χ0n) is 35.7. The van der Waals surface area contributed by atoms with E-state index >= 15 is 0 Å². The molecule has 1 N–H and O–H groups in total. The Kier molecular flexibility index (Phi) is 9.96. The van der Waals surface area contributed by atoms with Gasteiger partial charge in [-0.3, -0.25) is 4.79 Å². The van der Waals surface area contributed by atoms with Crippen molar-refractivity contribution in [2.45, 2.75) is 122 Å². The van der Waals surface area contributed by atoms with Crippen LogP contribution in [0.2, 0.25) is 23.2 Å². The van der Waals surface area contributed by atoms with Crippen molar-refractivity contribution in [1.29, 1.82) is 0 Å². The predicted octanol–water partition coefficient (Wildman–Crippen LogP) is 9.24. The monoisotopic (exact) mass is 831 g/mol. The highest BCUT2D eigenvalue weighted by molar-refractivity contribution is 6.74. The van der Waals surface area contributed by atoms with Gasteiger partial charge in [-0.1, -0.05) is 38.4 Å². The molecule has 2 aromatic carbocycles. The van der Waals surface area contributed by atoms with Gasteiger partial charge < -0.3 is 28.9 Å². The Morgan fingerprint density at radius 3 is 2.19 bits per heavy atom. The average Bonchev–Trinajstić information content (AvgIpc) is 3.67. The molecule has 1 saturated carbocycles. The van der Waals surface area contributed by atoms with Gasteiger partial charge in [-0.2, -0.15) is 4.68 Å². The third kappa shape index (κ3) is 7.40. The van der Waals surface area contributed by atoms with E-state index in [1.165, 1.54) is 4.68 Å². The summed E-state index contributed by atoms with van der Waals surface area (Å²) in [4.78, 5) is 54.2. The Bertz CT molecular complexity index is 2340. The van der Waals surface area contributed by atoms with Crippen LogP contribution in [0.5, 0.6) is 5.75 Å². The number of benzene rings is 2. The number of fused-ring (bicyclic) bond motifs is 3. The molecule has 2 fully saturated rings. The molecule has 2 amide bonds. The van der Waals surface area contributed by atoms with Crippen molar-refractivity contribution in [3.05, 3.63) is 58.4 Å². The smallest absolute Gasteiger partial charge is 0.435 e. The zero-order valence-corrected chi connectivity index (χ0v) is 37.4. The van der Waals surface area contributed by atoms with Crippen molar-refractivity contribution in [3.8, 4) is 5.75 Å². The van der Waals surface area contributed by atoms with E-state index in [1.54, 1.807) is 67.7 Å². The Hall–Kier alpha value is -4.73. The van der Waals surface area contributed by atoms with Crippen LogP contribution < -0.4 is 19.9 Å². The lowest BCUT2D eigenvalue weighted by Crippen LogP contribution is -2.58. The van der Waals surface area contributed by atoms with Crippen molar-refractivity contribution in [1.82, 2.24) is 19.7 Å². The molecule has 7 rings (SSSR count). The lowest BCUT2D eigenvalue weighted by atomic mass is 9.91. The van der Waals surface area contributed by atoms with E-state index in [2.05, 4.69) is 54.0 Å². The summed E-state index contributed by atoms with van der Waals surface area (Å²) in [7, 11) is -0.397. The summed E-state index contributed by atoms with van der Waals surface area (Å²) in [5.41, 5.74) is -0.290. The van der Waals surface area contributed by atoms with Gasteiger partial charge in [0.2, 0.25) is 5.91 Å². The number of ether oxygens (including phenoxy) is 3. The van der Waals surface area contributed by atoms with Crippen molar-refractivity contribution in [2.24, 2.45) is 0 Å². The molecule has 2 aliphatic heterocycles. The van der Waals surface area contributed by atoms with E-state index < -0.39 is 37.1 Å². The van der Waals surface area contributed by atoms with E-state index in [0.717, 1.165) is 10.5 Å². The average molecular weight is 832 g/mol. The highest BCUT2D eigenvalue weighted by Crippen LogP contribution is 2.67. The van der Waals surface area contributed by atoms with Gasteiger partial charge in [-0.25, -0.2) is 24.5 Å². The number of methoxy groups -OCH3 is 1. The summed E-state index contributed by atoms with van der Waals surface area (Å²) in [6.45, 7) is 24.9. The molecule has 0 bridgehead atoms. The van der Waals surface area contributed by atoms with Gasteiger partial charge in [0.1, 0.15) is 27.8 Å². The standard InChI is InChI=1S/C42H54ClN7O7Si/c1-23-44-34(32(43)35(45-23)48-21-26(22-48)57-58(12,13)41(8,9)10)46-33-27-16-14-24(18-31(27)50(47-33)38(53)56-40(5,6)7)29-20-42(29)28-19-25(54-11)15-17-30(28)49(36(42)51)37(52)55-39(2,3)4/h14-19,26,29H,20-22H2,1-13H3,(H,44,45,46,47)/t29-,42-/m0/s1. The summed E-state index contributed by atoms with van der Waals surface area (Å²) in [6, 6.07) is 10.9. The quantitative estimate of drug-likeness (QED) is 0.177. The molecule has 0 radical (unpaired) electrons. The number of hydrogen-bond acceptors (Lipinski definition) is 12. The van der Waals surface area contributed by atoms with Crippen LogP contribution in [0.3, 0.4) is 0 Å². The van der Waals surface area contributed by atoms with Crippen LogP contribution in [-0.4, -0.2) is 83.7 Å². The number of aryl methyl sites for hydroxylation is 1. The highest BCUT2D eigenvalue weighted by atomic mass is 35.5. The lowest BCUT2D eigenvalue weighted by molar-refractivity contribution is -0.120. The van der Waals surface area contributed by atoms with Crippen molar-refractivity contribution >= 4 is 72.1 Å². The molecule has 310 valence electrons. The fraction of sp³-hybridized carbons (Fsp3) is 0.524. The first-order chi connectivity index (χ1) is 26.8. The number of halogens is 1. The maximum absolute atomic E-state index is 14.4. The van der Waals surface area contributed by atoms with E-state index in [0.29, 0.717) is 75.7 Å².